The van der Waals surface area contributed by atoms with Crippen molar-refractivity contribution >= 4 is 16.9 Å². The number of fused-ring (bicyclic) bond motifs is 1. The van der Waals surface area contributed by atoms with E-state index < -0.39 is 0 Å². The molecule has 1 amide bonds. The Hall–Kier alpha value is -1.92. The van der Waals surface area contributed by atoms with Crippen LogP contribution < -0.4 is 5.32 Å². The Bertz CT molecular complexity index is 733. The second-order valence-electron chi connectivity index (χ2n) is 6.88. The maximum Gasteiger partial charge on any atom is 0.240 e. The molecule has 0 spiro atoms. The van der Waals surface area contributed by atoms with E-state index in [-0.39, 0.29) is 12.0 Å². The predicted molar refractivity (Wildman–Crippen MR) is 94.5 cm³/mol. The quantitative estimate of drug-likeness (QED) is 0.747. The highest BCUT2D eigenvalue weighted by Crippen LogP contribution is 2.40. The van der Waals surface area contributed by atoms with Crippen molar-refractivity contribution in [3.63, 3.8) is 0 Å². The van der Waals surface area contributed by atoms with E-state index in [9.17, 15) is 4.79 Å². The Labute approximate surface area is 147 Å². The molecule has 2 aliphatic rings. The number of hydrogen-bond donors (Lipinski definition) is 1. The molecule has 1 N–H and O–H groups in total. The van der Waals surface area contributed by atoms with Gasteiger partial charge in [-0.15, -0.1) is 0 Å². The first-order chi connectivity index (χ1) is 12.3. The van der Waals surface area contributed by atoms with Crippen LogP contribution >= 0.6 is 0 Å². The number of aromatic nitrogens is 2. The van der Waals surface area contributed by atoms with Gasteiger partial charge in [-0.05, 0) is 37.8 Å². The summed E-state index contributed by atoms with van der Waals surface area (Å²) in [6.07, 6.45) is 4.38. The van der Waals surface area contributed by atoms with E-state index in [4.69, 9.17) is 14.5 Å². The summed E-state index contributed by atoms with van der Waals surface area (Å²) in [4.78, 5) is 17.1. The van der Waals surface area contributed by atoms with E-state index in [0.29, 0.717) is 32.2 Å². The van der Waals surface area contributed by atoms with Crippen LogP contribution in [0.2, 0.25) is 0 Å². The van der Waals surface area contributed by atoms with Crippen LogP contribution in [0.1, 0.15) is 37.4 Å². The van der Waals surface area contributed by atoms with Gasteiger partial charge in [-0.1, -0.05) is 12.1 Å². The molecule has 134 valence electrons. The van der Waals surface area contributed by atoms with Gasteiger partial charge < -0.3 is 19.4 Å². The first-order valence-electron chi connectivity index (χ1n) is 9.22. The second-order valence-corrected chi connectivity index (χ2v) is 6.88. The third kappa shape index (κ3) is 4.02. The van der Waals surface area contributed by atoms with E-state index in [1.165, 1.54) is 12.8 Å². The molecule has 0 unspecified atom stereocenters. The molecule has 2 aromatic rings. The van der Waals surface area contributed by atoms with Crippen LogP contribution in [0, 0.1) is 0 Å². The fourth-order valence-corrected chi connectivity index (χ4v) is 3.31. The van der Waals surface area contributed by atoms with Crippen LogP contribution in [-0.4, -0.2) is 47.9 Å². The summed E-state index contributed by atoms with van der Waals surface area (Å²) in [7, 11) is 0. The van der Waals surface area contributed by atoms with Crippen molar-refractivity contribution < 1.29 is 14.3 Å². The number of rotatable bonds is 8. The smallest absolute Gasteiger partial charge is 0.240 e. The van der Waals surface area contributed by atoms with Crippen LogP contribution in [0.4, 0.5) is 0 Å². The van der Waals surface area contributed by atoms with Gasteiger partial charge in [0.15, 0.2) is 0 Å². The van der Waals surface area contributed by atoms with E-state index in [1.807, 2.05) is 24.3 Å². The predicted octanol–water partition coefficient (Wildman–Crippen LogP) is 2.23. The number of amides is 1. The number of carbonyl (C=O) groups excluding carboxylic acids is 1. The van der Waals surface area contributed by atoms with E-state index in [2.05, 4.69) is 9.88 Å². The summed E-state index contributed by atoms with van der Waals surface area (Å²) in [6.45, 7) is 3.13. The average Bonchev–Trinajstić information content (AvgIpc) is 3.21. The largest absolute Gasteiger partial charge is 0.379 e. The fraction of sp³-hybridized carbons (Fsp3) is 0.579. The van der Waals surface area contributed by atoms with Gasteiger partial charge in [0.1, 0.15) is 12.4 Å². The second kappa shape index (κ2) is 7.54. The number of para-hydroxylation sites is 2. The number of benzene rings is 1. The number of imidazole rings is 1. The molecule has 25 heavy (non-hydrogen) atoms. The molecular formula is C19H25N3O3. The van der Waals surface area contributed by atoms with Crippen molar-refractivity contribution in [3.8, 4) is 0 Å². The summed E-state index contributed by atoms with van der Waals surface area (Å²) >= 11 is 0. The molecule has 1 aromatic heterocycles. The lowest BCUT2D eigenvalue weighted by atomic mass is 10.3. The van der Waals surface area contributed by atoms with Crippen molar-refractivity contribution in [1.29, 1.82) is 0 Å². The fourth-order valence-electron chi connectivity index (χ4n) is 3.31. The molecule has 1 atom stereocenters. The molecule has 2 fully saturated rings. The highest BCUT2D eigenvalue weighted by atomic mass is 16.5. The van der Waals surface area contributed by atoms with Crippen LogP contribution in [0.25, 0.3) is 11.0 Å². The third-order valence-electron chi connectivity index (χ3n) is 4.81. The Kier molecular flexibility index (Phi) is 4.99. The number of ether oxygens (including phenoxy) is 2. The number of hydrogen-bond acceptors (Lipinski definition) is 4. The monoisotopic (exact) mass is 343 g/mol. The van der Waals surface area contributed by atoms with Crippen molar-refractivity contribution in [3.05, 3.63) is 30.1 Å². The molecule has 1 saturated carbocycles. The normalized spacial score (nSPS) is 20.2. The molecule has 0 radical (unpaired) electrons. The molecule has 4 rings (SSSR count). The van der Waals surface area contributed by atoms with Gasteiger partial charge in [-0.25, -0.2) is 4.98 Å². The summed E-state index contributed by atoms with van der Waals surface area (Å²) in [5, 5.41) is 3.00. The molecule has 1 aromatic carbocycles. The van der Waals surface area contributed by atoms with Crippen LogP contribution in [0.5, 0.6) is 0 Å². The van der Waals surface area contributed by atoms with Gasteiger partial charge in [0.25, 0.3) is 0 Å². The molecule has 0 bridgehead atoms. The zero-order chi connectivity index (χ0) is 17.1. The standard InChI is InChI=1S/C19H25N3O3/c23-18(20-9-3-10-25-15-8-11-24-13-15)12-22-17-5-2-1-4-16(17)21-19(22)14-6-7-14/h1-2,4-5,14-15H,3,6-13H2,(H,20,23)/t15-/m1/s1. The Morgan fingerprint density at radius 1 is 1.32 bits per heavy atom. The van der Waals surface area contributed by atoms with Gasteiger partial charge in [0, 0.05) is 25.7 Å². The average molecular weight is 343 g/mol. The zero-order valence-electron chi connectivity index (χ0n) is 14.4. The zero-order valence-corrected chi connectivity index (χ0v) is 14.4. The van der Waals surface area contributed by atoms with Crippen molar-refractivity contribution in [2.75, 3.05) is 26.4 Å². The lowest BCUT2D eigenvalue weighted by Gasteiger charge is -2.11. The molecule has 1 aliphatic carbocycles. The van der Waals surface area contributed by atoms with Crippen LogP contribution in [0.15, 0.2) is 24.3 Å². The summed E-state index contributed by atoms with van der Waals surface area (Å²) in [5.41, 5.74) is 2.02. The Morgan fingerprint density at radius 2 is 2.20 bits per heavy atom. The first-order valence-corrected chi connectivity index (χ1v) is 9.22. The third-order valence-corrected chi connectivity index (χ3v) is 4.81. The van der Waals surface area contributed by atoms with Gasteiger partial charge in [0.05, 0.1) is 23.7 Å². The topological polar surface area (TPSA) is 65.4 Å². The first kappa shape index (κ1) is 16.5. The van der Waals surface area contributed by atoms with Gasteiger partial charge in [-0.2, -0.15) is 0 Å². The van der Waals surface area contributed by atoms with E-state index in [0.717, 1.165) is 36.3 Å². The number of carbonyl (C=O) groups is 1. The van der Waals surface area contributed by atoms with Crippen molar-refractivity contribution in [2.45, 2.75) is 44.2 Å². The highest BCUT2D eigenvalue weighted by molar-refractivity contribution is 5.81. The van der Waals surface area contributed by atoms with Crippen LogP contribution in [0.3, 0.4) is 0 Å². The van der Waals surface area contributed by atoms with Gasteiger partial charge in [-0.3, -0.25) is 4.79 Å². The summed E-state index contributed by atoms with van der Waals surface area (Å²) < 4.78 is 13.1. The van der Waals surface area contributed by atoms with Crippen LogP contribution in [-0.2, 0) is 20.8 Å². The molecule has 1 saturated heterocycles. The number of nitrogens with one attached hydrogen (secondary N) is 1. The van der Waals surface area contributed by atoms with Gasteiger partial charge >= 0.3 is 0 Å². The number of nitrogens with zero attached hydrogens (tertiary/aromatic N) is 2. The molecule has 1 aliphatic heterocycles. The van der Waals surface area contributed by atoms with E-state index >= 15 is 0 Å². The maximum absolute atomic E-state index is 12.3. The lowest BCUT2D eigenvalue weighted by Crippen LogP contribution is -2.29. The minimum absolute atomic E-state index is 0.0363. The van der Waals surface area contributed by atoms with Crippen molar-refractivity contribution in [1.82, 2.24) is 14.9 Å². The molecule has 6 heteroatoms. The highest BCUT2D eigenvalue weighted by Gasteiger charge is 2.30. The summed E-state index contributed by atoms with van der Waals surface area (Å²) in [5.74, 6) is 1.61. The minimum Gasteiger partial charge on any atom is -0.379 e. The maximum atomic E-state index is 12.3. The molecule has 6 nitrogen and oxygen atoms in total. The van der Waals surface area contributed by atoms with E-state index in [1.54, 1.807) is 0 Å². The molecule has 2 heterocycles. The van der Waals surface area contributed by atoms with Crippen molar-refractivity contribution in [2.24, 2.45) is 0 Å². The Balaban J connectivity index is 1.28. The minimum atomic E-state index is 0.0363. The SMILES string of the molecule is O=C(Cn1c(C2CC2)nc2ccccc21)NCCCO[C@@H]1CCOC1. The molecular weight excluding hydrogens is 318 g/mol. The lowest BCUT2D eigenvalue weighted by molar-refractivity contribution is -0.121. The Morgan fingerprint density at radius 3 is 3.00 bits per heavy atom. The van der Waals surface area contributed by atoms with Gasteiger partial charge in [0.2, 0.25) is 5.91 Å². The summed E-state index contributed by atoms with van der Waals surface area (Å²) in [6, 6.07) is 8.05.